The number of aromatic nitrogens is 2. The number of Topliss-reactive ketones (excluding diaryl/α,β-unsaturated/α-hetero) is 1. The second kappa shape index (κ2) is 15.4. The molecular weight excluding hydrogens is 578 g/mol. The van der Waals surface area contributed by atoms with Crippen molar-refractivity contribution in [1.29, 1.82) is 0 Å². The summed E-state index contributed by atoms with van der Waals surface area (Å²) in [5.74, 6) is -3.92. The third-order valence-electron chi connectivity index (χ3n) is 8.38. The van der Waals surface area contributed by atoms with E-state index in [1.54, 1.807) is 13.8 Å². The minimum Gasteiger partial charge on any atom is -0.347 e. The molecule has 0 radical (unpaired) electrons. The van der Waals surface area contributed by atoms with Gasteiger partial charge in [-0.05, 0) is 42.9 Å². The Labute approximate surface area is 265 Å². The van der Waals surface area contributed by atoms with Crippen molar-refractivity contribution in [1.82, 2.24) is 36.1 Å². The molecule has 0 spiro atoms. The number of nitrogens with one attached hydrogen (secondary N) is 4. The molecule has 3 rings (SSSR count). The summed E-state index contributed by atoms with van der Waals surface area (Å²) in [6.45, 7) is 13.1. The number of nitrogens with zero attached hydrogens (tertiary/aromatic N) is 3. The lowest BCUT2D eigenvalue weighted by atomic mass is 9.85. The fourth-order valence-electron chi connectivity index (χ4n) is 5.56. The molecule has 1 aromatic heterocycles. The van der Waals surface area contributed by atoms with Crippen LogP contribution >= 0.6 is 0 Å². The number of likely N-dealkylation sites (tertiary alicyclic amines) is 1. The standard InChI is InChI=1S/C32H49N7O6/c1-8-10-21(25(40)30(44)35-20-11-12-20)36-29(43)24-19(9-2)13-16-39(24)31(45)26(32(5,6)7)38-28(42)23(18(3)4)37-27(41)22-17-33-14-15-34-22/h14-15,17-21,23-24,26H,8-13,16H2,1-7H3,(H,35,44)(H,36,43)(H,37,41)(H,38,42)/t19-,21?,23-,24-,26?/m0/s1. The largest absolute Gasteiger partial charge is 0.347 e. The highest BCUT2D eigenvalue weighted by molar-refractivity contribution is 6.38. The van der Waals surface area contributed by atoms with Crippen LogP contribution in [-0.4, -0.2) is 86.9 Å². The van der Waals surface area contributed by atoms with Gasteiger partial charge in [0.1, 0.15) is 23.8 Å². The quantitative estimate of drug-likeness (QED) is 0.224. The zero-order valence-electron chi connectivity index (χ0n) is 27.5. The number of amides is 5. The van der Waals surface area contributed by atoms with Crippen LogP contribution in [0.15, 0.2) is 18.6 Å². The van der Waals surface area contributed by atoms with E-state index >= 15 is 0 Å². The average Bonchev–Trinajstić information content (AvgIpc) is 3.70. The normalized spacial score (nSPS) is 20.1. The van der Waals surface area contributed by atoms with Gasteiger partial charge >= 0.3 is 0 Å². The van der Waals surface area contributed by atoms with E-state index in [9.17, 15) is 28.8 Å². The van der Waals surface area contributed by atoms with Crippen molar-refractivity contribution in [2.45, 2.75) is 117 Å². The minimum atomic E-state index is -1.03. The third kappa shape index (κ3) is 9.30. The average molecular weight is 628 g/mol. The van der Waals surface area contributed by atoms with E-state index < -0.39 is 64.9 Å². The summed E-state index contributed by atoms with van der Waals surface area (Å²) in [7, 11) is 0. The second-order valence-corrected chi connectivity index (χ2v) is 13.5. The topological polar surface area (TPSA) is 180 Å². The maximum absolute atomic E-state index is 14.2. The zero-order chi connectivity index (χ0) is 33.5. The van der Waals surface area contributed by atoms with Gasteiger partial charge in [0, 0.05) is 25.0 Å². The Bertz CT molecular complexity index is 1240. The van der Waals surface area contributed by atoms with Gasteiger partial charge in [0.25, 0.3) is 11.8 Å². The van der Waals surface area contributed by atoms with Crippen molar-refractivity contribution in [3.05, 3.63) is 24.3 Å². The van der Waals surface area contributed by atoms with Gasteiger partial charge in [-0.15, -0.1) is 0 Å². The molecule has 1 aliphatic heterocycles. The third-order valence-corrected chi connectivity index (χ3v) is 8.38. The number of rotatable bonds is 14. The van der Waals surface area contributed by atoms with Crippen LogP contribution in [0.25, 0.3) is 0 Å². The smallest absolute Gasteiger partial charge is 0.289 e. The highest BCUT2D eigenvalue weighted by Crippen LogP contribution is 2.31. The maximum atomic E-state index is 14.2. The van der Waals surface area contributed by atoms with Crippen LogP contribution in [-0.2, 0) is 24.0 Å². The molecule has 2 unspecified atom stereocenters. The predicted molar refractivity (Wildman–Crippen MR) is 166 cm³/mol. The first-order valence-corrected chi connectivity index (χ1v) is 16.0. The van der Waals surface area contributed by atoms with Crippen LogP contribution in [0.3, 0.4) is 0 Å². The Morgan fingerprint density at radius 2 is 1.67 bits per heavy atom. The van der Waals surface area contributed by atoms with Crippen LogP contribution in [0.5, 0.6) is 0 Å². The maximum Gasteiger partial charge on any atom is 0.289 e. The van der Waals surface area contributed by atoms with Crippen LogP contribution < -0.4 is 21.3 Å². The van der Waals surface area contributed by atoms with E-state index in [-0.39, 0.29) is 30.0 Å². The van der Waals surface area contributed by atoms with E-state index in [2.05, 4.69) is 31.2 Å². The van der Waals surface area contributed by atoms with Gasteiger partial charge < -0.3 is 26.2 Å². The zero-order valence-corrected chi connectivity index (χ0v) is 27.5. The minimum absolute atomic E-state index is 0.00649. The van der Waals surface area contributed by atoms with Crippen molar-refractivity contribution in [2.75, 3.05) is 6.54 Å². The van der Waals surface area contributed by atoms with Crippen molar-refractivity contribution in [3.63, 3.8) is 0 Å². The molecule has 4 N–H and O–H groups in total. The molecule has 5 amide bonds. The molecule has 0 bridgehead atoms. The van der Waals surface area contributed by atoms with Gasteiger partial charge in [-0.1, -0.05) is 61.3 Å². The Morgan fingerprint density at radius 3 is 2.20 bits per heavy atom. The molecule has 248 valence electrons. The molecule has 13 heteroatoms. The van der Waals surface area contributed by atoms with Crippen molar-refractivity contribution in [2.24, 2.45) is 17.3 Å². The van der Waals surface area contributed by atoms with Gasteiger partial charge in [0.2, 0.25) is 23.5 Å². The summed E-state index contributed by atoms with van der Waals surface area (Å²) < 4.78 is 0. The Balaban J connectivity index is 1.80. The van der Waals surface area contributed by atoms with Gasteiger partial charge in [0.05, 0.1) is 12.2 Å². The fourth-order valence-corrected chi connectivity index (χ4v) is 5.56. The molecule has 5 atom stereocenters. The molecule has 2 fully saturated rings. The van der Waals surface area contributed by atoms with Crippen LogP contribution in [0.4, 0.5) is 0 Å². The van der Waals surface area contributed by atoms with E-state index in [0.717, 1.165) is 12.8 Å². The first kappa shape index (κ1) is 35.6. The lowest BCUT2D eigenvalue weighted by molar-refractivity contribution is -0.146. The first-order chi connectivity index (χ1) is 21.2. The van der Waals surface area contributed by atoms with Crippen LogP contribution in [0.2, 0.25) is 0 Å². The summed E-state index contributed by atoms with van der Waals surface area (Å²) in [5.41, 5.74) is -0.698. The SMILES string of the molecule is CCCC(NC(=O)[C@@H]1[C@@H](CC)CCN1C(=O)C(NC(=O)[C@@H](NC(=O)c1cnccn1)C(C)C)C(C)(C)C)C(=O)C(=O)NC1CC1. The lowest BCUT2D eigenvalue weighted by Crippen LogP contribution is -2.62. The van der Waals surface area contributed by atoms with Crippen LogP contribution in [0, 0.1) is 17.3 Å². The lowest BCUT2D eigenvalue weighted by Gasteiger charge is -2.37. The number of hydrogen-bond donors (Lipinski definition) is 4. The second-order valence-electron chi connectivity index (χ2n) is 13.5. The Kier molecular flexibility index (Phi) is 12.2. The number of hydrogen-bond acceptors (Lipinski definition) is 8. The highest BCUT2D eigenvalue weighted by atomic mass is 16.2. The first-order valence-electron chi connectivity index (χ1n) is 16.0. The van der Waals surface area contributed by atoms with E-state index in [1.807, 2.05) is 34.6 Å². The van der Waals surface area contributed by atoms with Gasteiger partial charge in [-0.3, -0.25) is 33.8 Å². The number of carbonyl (C=O) groups is 6. The van der Waals surface area contributed by atoms with Gasteiger partial charge in [-0.25, -0.2) is 4.98 Å². The summed E-state index contributed by atoms with van der Waals surface area (Å²) >= 11 is 0. The van der Waals surface area contributed by atoms with Gasteiger partial charge in [0.15, 0.2) is 0 Å². The van der Waals surface area contributed by atoms with Crippen LogP contribution in [0.1, 0.15) is 97.5 Å². The molecule has 1 aliphatic carbocycles. The molecule has 0 aromatic carbocycles. The molecule has 1 aromatic rings. The van der Waals surface area contributed by atoms with Crippen molar-refractivity contribution in [3.8, 4) is 0 Å². The summed E-state index contributed by atoms with van der Waals surface area (Å²) in [5, 5.41) is 11.0. The number of carbonyl (C=O) groups excluding carboxylic acids is 6. The predicted octanol–water partition coefficient (Wildman–Crippen LogP) is 1.52. The monoisotopic (exact) mass is 627 g/mol. The van der Waals surface area contributed by atoms with Crippen molar-refractivity contribution >= 4 is 35.3 Å². The van der Waals surface area contributed by atoms with Gasteiger partial charge in [-0.2, -0.15) is 0 Å². The van der Waals surface area contributed by atoms with E-state index in [1.165, 1.54) is 23.5 Å². The summed E-state index contributed by atoms with van der Waals surface area (Å²) in [6.07, 6.45) is 7.83. The molecule has 2 heterocycles. The highest BCUT2D eigenvalue weighted by Gasteiger charge is 2.47. The molecular formula is C32H49N7O6. The Hall–Kier alpha value is -3.90. The molecule has 1 saturated carbocycles. The summed E-state index contributed by atoms with van der Waals surface area (Å²) in [4.78, 5) is 89.3. The molecule has 13 nitrogen and oxygen atoms in total. The molecule has 1 saturated heterocycles. The summed E-state index contributed by atoms with van der Waals surface area (Å²) in [6, 6.07) is -3.87. The van der Waals surface area contributed by atoms with E-state index in [4.69, 9.17) is 0 Å². The van der Waals surface area contributed by atoms with Crippen molar-refractivity contribution < 1.29 is 28.8 Å². The molecule has 45 heavy (non-hydrogen) atoms. The Morgan fingerprint density at radius 1 is 0.978 bits per heavy atom. The fraction of sp³-hybridized carbons (Fsp3) is 0.688. The molecule has 2 aliphatic rings. The van der Waals surface area contributed by atoms with E-state index in [0.29, 0.717) is 25.8 Å². The number of ketones is 1.